The molecule has 0 aliphatic rings. The van der Waals surface area contributed by atoms with Gasteiger partial charge in [0.15, 0.2) is 11.0 Å². The third kappa shape index (κ3) is 2.82. The number of halogens is 1. The molecule has 0 unspecified atom stereocenters. The third-order valence-corrected chi connectivity index (χ3v) is 3.00. The van der Waals surface area contributed by atoms with Crippen molar-refractivity contribution in [3.8, 4) is 0 Å². The van der Waals surface area contributed by atoms with Gasteiger partial charge in [-0.15, -0.1) is 10.2 Å². The van der Waals surface area contributed by atoms with E-state index in [0.29, 0.717) is 12.4 Å². The highest BCUT2D eigenvalue weighted by molar-refractivity contribution is 6.29. The van der Waals surface area contributed by atoms with E-state index < -0.39 is 5.91 Å². The van der Waals surface area contributed by atoms with Gasteiger partial charge in [0.25, 0.3) is 5.91 Å². The van der Waals surface area contributed by atoms with Gasteiger partial charge in [-0.25, -0.2) is 0 Å². The zero-order valence-corrected chi connectivity index (χ0v) is 11.3. The van der Waals surface area contributed by atoms with Gasteiger partial charge in [-0.05, 0) is 13.0 Å². The molecule has 2 aromatic rings. The number of carbonyl (C=O) groups excluding carboxylic acids is 1. The number of rotatable bonds is 4. The fraction of sp³-hybridized carbons (Fsp3) is 0.273. The molecule has 1 amide bonds. The summed E-state index contributed by atoms with van der Waals surface area (Å²) < 4.78 is 1.76. The predicted octanol–water partition coefficient (Wildman–Crippen LogP) is 0.883. The zero-order valence-electron chi connectivity index (χ0n) is 10.5. The molecule has 7 nitrogen and oxygen atoms in total. The summed E-state index contributed by atoms with van der Waals surface area (Å²) in [6, 6.07) is 1.38. The quantitative estimate of drug-likeness (QED) is 0.866. The summed E-state index contributed by atoms with van der Waals surface area (Å²) >= 11 is 5.68. The molecular formula is C11H13ClN6O. The maximum Gasteiger partial charge on any atom is 0.252 e. The average molecular weight is 281 g/mol. The van der Waals surface area contributed by atoms with Crippen molar-refractivity contribution in [3.63, 3.8) is 0 Å². The van der Waals surface area contributed by atoms with Crippen LogP contribution in [-0.4, -0.2) is 25.9 Å². The smallest absolute Gasteiger partial charge is 0.252 e. The van der Waals surface area contributed by atoms with Crippen molar-refractivity contribution in [2.24, 2.45) is 12.8 Å². The van der Waals surface area contributed by atoms with Crippen molar-refractivity contribution in [3.05, 3.63) is 34.2 Å². The minimum atomic E-state index is -0.609. The second kappa shape index (κ2) is 5.23. The van der Waals surface area contributed by atoms with Crippen molar-refractivity contribution >= 4 is 23.3 Å². The molecule has 0 spiro atoms. The summed E-state index contributed by atoms with van der Waals surface area (Å²) in [5.41, 5.74) is 7.49. The van der Waals surface area contributed by atoms with E-state index in [1.165, 1.54) is 6.07 Å². The molecular weight excluding hydrogens is 268 g/mol. The van der Waals surface area contributed by atoms with Crippen LogP contribution in [0.3, 0.4) is 0 Å². The molecule has 0 atom stereocenters. The molecule has 19 heavy (non-hydrogen) atoms. The number of carbonyl (C=O) groups is 1. The van der Waals surface area contributed by atoms with Crippen molar-refractivity contribution in [1.29, 1.82) is 0 Å². The number of hydrogen-bond donors (Lipinski definition) is 2. The molecule has 0 saturated carbocycles. The van der Waals surface area contributed by atoms with E-state index in [1.54, 1.807) is 10.9 Å². The summed E-state index contributed by atoms with van der Waals surface area (Å²) in [5.74, 6) is -0.303. The molecule has 0 saturated heterocycles. The van der Waals surface area contributed by atoms with E-state index in [2.05, 4.69) is 20.6 Å². The number of hydrogen-bond acceptors (Lipinski definition) is 5. The first-order valence-electron chi connectivity index (χ1n) is 5.53. The van der Waals surface area contributed by atoms with Crippen LogP contribution in [-0.2, 0) is 13.6 Å². The Hall–Kier alpha value is -2.15. The Labute approximate surface area is 114 Å². The van der Waals surface area contributed by atoms with Crippen LogP contribution in [0.1, 0.15) is 21.6 Å². The Morgan fingerprint density at radius 3 is 2.84 bits per heavy atom. The van der Waals surface area contributed by atoms with Gasteiger partial charge >= 0.3 is 0 Å². The summed E-state index contributed by atoms with van der Waals surface area (Å²) in [6.07, 6.45) is 1.75. The summed E-state index contributed by atoms with van der Waals surface area (Å²) in [5, 5.41) is 14.8. The fourth-order valence-electron chi connectivity index (χ4n) is 1.58. The first kappa shape index (κ1) is 13.3. The molecule has 2 rings (SSSR count). The maximum atomic E-state index is 11.3. The zero-order chi connectivity index (χ0) is 14.0. The Morgan fingerprint density at radius 1 is 1.53 bits per heavy atom. The lowest BCUT2D eigenvalue weighted by molar-refractivity contribution is 0.100. The molecule has 100 valence electrons. The van der Waals surface area contributed by atoms with Crippen molar-refractivity contribution in [2.45, 2.75) is 13.5 Å². The number of aryl methyl sites for hydroxylation is 1. The molecule has 0 aromatic carbocycles. The predicted molar refractivity (Wildman–Crippen MR) is 70.8 cm³/mol. The molecule has 0 aliphatic carbocycles. The topological polar surface area (TPSA) is 98.7 Å². The van der Waals surface area contributed by atoms with E-state index in [1.807, 2.05) is 14.0 Å². The number of amides is 1. The number of nitrogens with zero attached hydrogens (tertiary/aromatic N) is 4. The summed E-state index contributed by atoms with van der Waals surface area (Å²) in [7, 11) is 1.86. The van der Waals surface area contributed by atoms with Crippen LogP contribution in [0.4, 0.5) is 5.82 Å². The second-order valence-corrected chi connectivity index (χ2v) is 4.41. The second-order valence-electron chi connectivity index (χ2n) is 4.03. The average Bonchev–Trinajstić information content (AvgIpc) is 2.68. The SMILES string of the molecule is Cc1c(CNc2nnc(Cl)cc2C(N)=O)cnn1C. The first-order valence-corrected chi connectivity index (χ1v) is 5.91. The van der Waals surface area contributed by atoms with E-state index >= 15 is 0 Å². The molecule has 8 heteroatoms. The van der Waals surface area contributed by atoms with E-state index in [0.717, 1.165) is 11.3 Å². The molecule has 0 fully saturated rings. The summed E-state index contributed by atoms with van der Waals surface area (Å²) in [4.78, 5) is 11.3. The van der Waals surface area contributed by atoms with Gasteiger partial charge in [0.05, 0.1) is 11.8 Å². The number of anilines is 1. The number of aromatic nitrogens is 4. The Kier molecular flexibility index (Phi) is 3.66. The van der Waals surface area contributed by atoms with E-state index in [9.17, 15) is 4.79 Å². The van der Waals surface area contributed by atoms with Crippen LogP contribution in [0.25, 0.3) is 0 Å². The summed E-state index contributed by atoms with van der Waals surface area (Å²) in [6.45, 7) is 2.42. The lowest BCUT2D eigenvalue weighted by Crippen LogP contribution is -2.16. The van der Waals surface area contributed by atoms with Gasteiger partial charge in [0.1, 0.15) is 0 Å². The van der Waals surface area contributed by atoms with Gasteiger partial charge in [-0.3, -0.25) is 9.48 Å². The van der Waals surface area contributed by atoms with Gasteiger partial charge in [-0.1, -0.05) is 11.6 Å². The number of nitrogens with two attached hydrogens (primary N) is 1. The van der Waals surface area contributed by atoms with Gasteiger partial charge in [0, 0.05) is 24.8 Å². The van der Waals surface area contributed by atoms with Crippen LogP contribution >= 0.6 is 11.6 Å². The molecule has 2 heterocycles. The Bertz CT molecular complexity index is 624. The highest BCUT2D eigenvalue weighted by Gasteiger charge is 2.12. The molecule has 0 bridgehead atoms. The Morgan fingerprint density at radius 2 is 2.26 bits per heavy atom. The Balaban J connectivity index is 2.20. The normalized spacial score (nSPS) is 10.5. The van der Waals surface area contributed by atoms with E-state index in [4.69, 9.17) is 17.3 Å². The fourth-order valence-corrected chi connectivity index (χ4v) is 1.73. The highest BCUT2D eigenvalue weighted by atomic mass is 35.5. The lowest BCUT2D eigenvalue weighted by Gasteiger charge is -2.08. The van der Waals surface area contributed by atoms with Gasteiger partial charge in [0.2, 0.25) is 0 Å². The van der Waals surface area contributed by atoms with Crippen LogP contribution in [0.5, 0.6) is 0 Å². The van der Waals surface area contributed by atoms with Crippen molar-refractivity contribution in [2.75, 3.05) is 5.32 Å². The van der Waals surface area contributed by atoms with Crippen LogP contribution < -0.4 is 11.1 Å². The van der Waals surface area contributed by atoms with Crippen molar-refractivity contribution in [1.82, 2.24) is 20.0 Å². The van der Waals surface area contributed by atoms with Crippen molar-refractivity contribution < 1.29 is 4.79 Å². The minimum absolute atomic E-state index is 0.122. The monoisotopic (exact) mass is 280 g/mol. The van der Waals surface area contributed by atoms with Gasteiger partial charge in [-0.2, -0.15) is 5.10 Å². The van der Waals surface area contributed by atoms with Gasteiger partial charge < -0.3 is 11.1 Å². The molecule has 3 N–H and O–H groups in total. The molecule has 0 radical (unpaired) electrons. The molecule has 2 aromatic heterocycles. The van der Waals surface area contributed by atoms with E-state index in [-0.39, 0.29) is 10.7 Å². The standard InChI is InChI=1S/C11H13ClN6O/c1-6-7(5-15-18(6)2)4-14-11-8(10(13)19)3-9(12)16-17-11/h3,5H,4H2,1-2H3,(H2,13,19)(H,14,17). The third-order valence-electron chi connectivity index (χ3n) is 2.81. The number of nitrogens with one attached hydrogen (secondary N) is 1. The minimum Gasteiger partial charge on any atom is -0.365 e. The first-order chi connectivity index (χ1) is 8.99. The van der Waals surface area contributed by atoms with Crippen LogP contribution in [0, 0.1) is 6.92 Å². The van der Waals surface area contributed by atoms with Crippen LogP contribution in [0.2, 0.25) is 5.15 Å². The maximum absolute atomic E-state index is 11.3. The molecule has 0 aliphatic heterocycles. The highest BCUT2D eigenvalue weighted by Crippen LogP contribution is 2.16. The lowest BCUT2D eigenvalue weighted by atomic mass is 10.2. The van der Waals surface area contributed by atoms with Crippen LogP contribution in [0.15, 0.2) is 12.3 Å². The number of primary amides is 1. The largest absolute Gasteiger partial charge is 0.365 e.